The summed E-state index contributed by atoms with van der Waals surface area (Å²) in [6.45, 7) is 2.05. The largest absolute Gasteiger partial charge is 0.496 e. The zero-order valence-electron chi connectivity index (χ0n) is 18.7. The van der Waals surface area contributed by atoms with Crippen LogP contribution in [-0.4, -0.2) is 40.5 Å². The third-order valence-corrected chi connectivity index (χ3v) is 5.69. The van der Waals surface area contributed by atoms with Crippen molar-refractivity contribution in [3.8, 4) is 5.75 Å². The zero-order valence-corrected chi connectivity index (χ0v) is 18.7. The fourth-order valence-electron chi connectivity index (χ4n) is 3.66. The van der Waals surface area contributed by atoms with E-state index < -0.39 is 17.0 Å². The molecule has 1 aromatic heterocycles. The minimum absolute atomic E-state index is 0.0534. The summed E-state index contributed by atoms with van der Waals surface area (Å²) in [5.41, 5.74) is 6.51. The maximum atomic E-state index is 13.2. The van der Waals surface area contributed by atoms with Crippen molar-refractivity contribution in [2.75, 3.05) is 26.4 Å². The van der Waals surface area contributed by atoms with Gasteiger partial charge in [0.05, 0.1) is 20.2 Å². The van der Waals surface area contributed by atoms with E-state index in [1.807, 2.05) is 66.4 Å². The third-order valence-electron chi connectivity index (χ3n) is 5.69. The number of nitrogens with two attached hydrogens (primary N) is 1. The first kappa shape index (κ1) is 23.0. The summed E-state index contributed by atoms with van der Waals surface area (Å²) in [6, 6.07) is 16.7. The first-order chi connectivity index (χ1) is 15.3. The van der Waals surface area contributed by atoms with Gasteiger partial charge in [-0.2, -0.15) is 0 Å². The lowest BCUT2D eigenvalue weighted by Gasteiger charge is -2.26. The summed E-state index contributed by atoms with van der Waals surface area (Å²) in [5.74, 6) is 0.144. The van der Waals surface area contributed by atoms with Crippen molar-refractivity contribution >= 4 is 11.6 Å². The van der Waals surface area contributed by atoms with Crippen LogP contribution in [0.4, 0.5) is 5.82 Å². The molecule has 1 atom stereocenters. The van der Waals surface area contributed by atoms with Crippen molar-refractivity contribution in [1.82, 2.24) is 14.0 Å². The molecule has 3 aromatic rings. The summed E-state index contributed by atoms with van der Waals surface area (Å²) >= 11 is 0. The maximum Gasteiger partial charge on any atom is 0.332 e. The quantitative estimate of drug-likeness (QED) is 0.543. The Labute approximate surface area is 186 Å². The van der Waals surface area contributed by atoms with E-state index in [4.69, 9.17) is 10.5 Å². The number of nitrogen functional groups attached to an aromatic ring is 1. The third kappa shape index (κ3) is 4.50. The predicted octanol–water partition coefficient (Wildman–Crippen LogP) is 2.06. The van der Waals surface area contributed by atoms with Gasteiger partial charge in [0.1, 0.15) is 17.1 Å². The van der Waals surface area contributed by atoms with E-state index in [-0.39, 0.29) is 30.5 Å². The number of hydrogen-bond acceptors (Lipinski definition) is 6. The van der Waals surface area contributed by atoms with Crippen LogP contribution in [0.5, 0.6) is 5.75 Å². The lowest BCUT2D eigenvalue weighted by Crippen LogP contribution is -2.44. The van der Waals surface area contributed by atoms with E-state index in [2.05, 4.69) is 0 Å². The SMILES string of the molecule is COc1ccccc1[C@@H](C)N(C)CC(=O)c1c(N)n(Cc2ccccc2)c(=O)n(C)c1=O. The van der Waals surface area contributed by atoms with E-state index in [0.717, 1.165) is 15.7 Å². The monoisotopic (exact) mass is 436 g/mol. The van der Waals surface area contributed by atoms with E-state index in [0.29, 0.717) is 5.75 Å². The van der Waals surface area contributed by atoms with Gasteiger partial charge in [-0.15, -0.1) is 0 Å². The average molecular weight is 437 g/mol. The van der Waals surface area contributed by atoms with Gasteiger partial charge in [-0.05, 0) is 25.6 Å². The Morgan fingerprint density at radius 1 is 1.09 bits per heavy atom. The number of Topliss-reactive ketones (excluding diaryl/α,β-unsaturated/α-hetero) is 1. The van der Waals surface area contributed by atoms with Crippen molar-refractivity contribution in [2.24, 2.45) is 7.05 Å². The van der Waals surface area contributed by atoms with Crippen LogP contribution in [0.2, 0.25) is 0 Å². The molecule has 0 fully saturated rings. The molecule has 8 heteroatoms. The molecule has 0 aliphatic carbocycles. The molecule has 0 aliphatic heterocycles. The molecule has 0 unspecified atom stereocenters. The molecule has 0 aliphatic rings. The van der Waals surface area contributed by atoms with Gasteiger partial charge in [0.2, 0.25) is 0 Å². The summed E-state index contributed by atoms with van der Waals surface area (Å²) < 4.78 is 7.61. The van der Waals surface area contributed by atoms with Gasteiger partial charge in [0.25, 0.3) is 5.56 Å². The topological polar surface area (TPSA) is 99.6 Å². The Bertz CT molecular complexity index is 1230. The van der Waals surface area contributed by atoms with Crippen molar-refractivity contribution in [1.29, 1.82) is 0 Å². The number of benzene rings is 2. The van der Waals surface area contributed by atoms with E-state index in [1.54, 1.807) is 14.2 Å². The Balaban J connectivity index is 1.94. The van der Waals surface area contributed by atoms with Crippen LogP contribution in [0.15, 0.2) is 64.2 Å². The number of hydrogen-bond donors (Lipinski definition) is 1. The van der Waals surface area contributed by atoms with Gasteiger partial charge < -0.3 is 10.5 Å². The molecule has 0 saturated carbocycles. The lowest BCUT2D eigenvalue weighted by molar-refractivity contribution is 0.0921. The van der Waals surface area contributed by atoms with Crippen LogP contribution in [0.1, 0.15) is 34.5 Å². The molecule has 0 radical (unpaired) electrons. The van der Waals surface area contributed by atoms with Crippen molar-refractivity contribution in [3.05, 3.63) is 92.1 Å². The number of aromatic nitrogens is 2. The van der Waals surface area contributed by atoms with Crippen molar-refractivity contribution in [2.45, 2.75) is 19.5 Å². The Hall–Kier alpha value is -3.65. The number of ketones is 1. The highest BCUT2D eigenvalue weighted by Crippen LogP contribution is 2.28. The van der Waals surface area contributed by atoms with E-state index in [9.17, 15) is 14.4 Å². The molecule has 0 amide bonds. The first-order valence-corrected chi connectivity index (χ1v) is 10.3. The fraction of sp³-hybridized carbons (Fsp3) is 0.292. The number of para-hydroxylation sites is 1. The van der Waals surface area contributed by atoms with Crippen molar-refractivity contribution < 1.29 is 9.53 Å². The normalized spacial score (nSPS) is 12.0. The summed E-state index contributed by atoms with van der Waals surface area (Å²) in [7, 11) is 4.73. The number of likely N-dealkylation sites (N-methyl/N-ethyl adjacent to an activating group) is 1. The molecule has 0 bridgehead atoms. The number of nitrogens with zero attached hydrogens (tertiary/aromatic N) is 3. The number of carbonyl (C=O) groups is 1. The van der Waals surface area contributed by atoms with Crippen LogP contribution < -0.4 is 21.7 Å². The highest BCUT2D eigenvalue weighted by molar-refractivity contribution is 6.01. The minimum Gasteiger partial charge on any atom is -0.496 e. The molecule has 2 N–H and O–H groups in total. The van der Waals surface area contributed by atoms with Crippen LogP contribution in [0.25, 0.3) is 0 Å². The van der Waals surface area contributed by atoms with Crippen LogP contribution in [0, 0.1) is 0 Å². The highest BCUT2D eigenvalue weighted by Gasteiger charge is 2.25. The number of ether oxygens (including phenoxy) is 1. The van der Waals surface area contributed by atoms with Gasteiger partial charge in [0.15, 0.2) is 5.78 Å². The Morgan fingerprint density at radius 3 is 2.38 bits per heavy atom. The smallest absolute Gasteiger partial charge is 0.332 e. The second kappa shape index (κ2) is 9.65. The number of anilines is 1. The lowest BCUT2D eigenvalue weighted by atomic mass is 10.0. The van der Waals surface area contributed by atoms with Gasteiger partial charge in [0, 0.05) is 18.7 Å². The molecule has 0 spiro atoms. The molecule has 168 valence electrons. The molecule has 1 heterocycles. The van der Waals surface area contributed by atoms with Gasteiger partial charge in [-0.25, -0.2) is 4.79 Å². The highest BCUT2D eigenvalue weighted by atomic mass is 16.5. The first-order valence-electron chi connectivity index (χ1n) is 10.3. The fourth-order valence-corrected chi connectivity index (χ4v) is 3.66. The van der Waals surface area contributed by atoms with Crippen LogP contribution in [-0.2, 0) is 13.6 Å². The van der Waals surface area contributed by atoms with Crippen LogP contribution in [0.3, 0.4) is 0 Å². The van der Waals surface area contributed by atoms with Gasteiger partial charge in [-0.3, -0.25) is 23.6 Å². The predicted molar refractivity (Wildman–Crippen MR) is 124 cm³/mol. The average Bonchev–Trinajstić information content (AvgIpc) is 2.80. The van der Waals surface area contributed by atoms with E-state index in [1.165, 1.54) is 11.6 Å². The molecule has 8 nitrogen and oxygen atoms in total. The number of carbonyl (C=O) groups excluding carboxylic acids is 1. The summed E-state index contributed by atoms with van der Waals surface area (Å²) in [4.78, 5) is 40.5. The number of methoxy groups -OCH3 is 1. The Kier molecular flexibility index (Phi) is 6.95. The van der Waals surface area contributed by atoms with Crippen LogP contribution >= 0.6 is 0 Å². The minimum atomic E-state index is -0.694. The second-order valence-corrected chi connectivity index (χ2v) is 7.73. The number of rotatable bonds is 8. The van der Waals surface area contributed by atoms with Gasteiger partial charge >= 0.3 is 5.69 Å². The summed E-state index contributed by atoms with van der Waals surface area (Å²) in [6.07, 6.45) is 0. The summed E-state index contributed by atoms with van der Waals surface area (Å²) in [5, 5.41) is 0. The molecular formula is C24H28N4O4. The molecular weight excluding hydrogens is 408 g/mol. The van der Waals surface area contributed by atoms with E-state index >= 15 is 0 Å². The molecule has 32 heavy (non-hydrogen) atoms. The standard InChI is InChI=1S/C24H28N4O4/c1-16(18-12-8-9-13-20(18)32-4)26(2)15-19(29)21-22(25)28(24(31)27(3)23(21)30)14-17-10-6-5-7-11-17/h5-13,16H,14-15,25H2,1-4H3/t16-/m1/s1. The van der Waals surface area contributed by atoms with Crippen molar-refractivity contribution in [3.63, 3.8) is 0 Å². The molecule has 3 rings (SSSR count). The molecule has 2 aromatic carbocycles. The van der Waals surface area contributed by atoms with Gasteiger partial charge in [-0.1, -0.05) is 48.5 Å². The maximum absolute atomic E-state index is 13.2. The Morgan fingerprint density at radius 2 is 1.72 bits per heavy atom. The zero-order chi connectivity index (χ0) is 23.4. The second-order valence-electron chi connectivity index (χ2n) is 7.73. The molecule has 0 saturated heterocycles.